The molecule has 0 aliphatic heterocycles. The zero-order chi connectivity index (χ0) is 11.4. The number of halogens is 1. The van der Waals surface area contributed by atoms with Crippen molar-refractivity contribution in [3.63, 3.8) is 0 Å². The average Bonchev–Trinajstić information content (AvgIpc) is 2.79. The summed E-state index contributed by atoms with van der Waals surface area (Å²) >= 11 is 3.48. The molecule has 16 heavy (non-hydrogen) atoms. The summed E-state index contributed by atoms with van der Waals surface area (Å²) in [4.78, 5) is 6.80. The van der Waals surface area contributed by atoms with Crippen molar-refractivity contribution in [3.05, 3.63) is 28.5 Å². The van der Waals surface area contributed by atoms with E-state index in [4.69, 9.17) is 0 Å². The quantitative estimate of drug-likeness (QED) is 0.839. The van der Waals surface area contributed by atoms with Crippen LogP contribution >= 0.6 is 15.9 Å². The number of pyridine rings is 1. The molecule has 1 fully saturated rings. The van der Waals surface area contributed by atoms with E-state index in [2.05, 4.69) is 38.8 Å². The zero-order valence-electron chi connectivity index (χ0n) is 9.82. The minimum absolute atomic E-state index is 0.795. The third kappa shape index (κ3) is 3.05. The summed E-state index contributed by atoms with van der Waals surface area (Å²) in [6.45, 7) is 4.43. The highest BCUT2D eigenvalue weighted by Gasteiger charge is 2.21. The number of aromatic nitrogens is 1. The number of hydrogen-bond acceptors (Lipinski definition) is 2. The van der Waals surface area contributed by atoms with E-state index >= 15 is 0 Å². The van der Waals surface area contributed by atoms with E-state index in [1.165, 1.54) is 31.2 Å². The van der Waals surface area contributed by atoms with Crippen molar-refractivity contribution in [1.29, 1.82) is 0 Å². The Morgan fingerprint density at radius 3 is 2.75 bits per heavy atom. The van der Waals surface area contributed by atoms with Crippen LogP contribution in [0.2, 0.25) is 0 Å². The van der Waals surface area contributed by atoms with Gasteiger partial charge in [0, 0.05) is 29.5 Å². The van der Waals surface area contributed by atoms with E-state index in [1.807, 2.05) is 12.4 Å². The maximum absolute atomic E-state index is 4.22. The van der Waals surface area contributed by atoms with Gasteiger partial charge >= 0.3 is 0 Å². The van der Waals surface area contributed by atoms with Crippen LogP contribution in [0.4, 0.5) is 0 Å². The van der Waals surface area contributed by atoms with E-state index in [1.54, 1.807) is 0 Å². The second-order valence-electron chi connectivity index (χ2n) is 4.51. The first-order valence-electron chi connectivity index (χ1n) is 6.13. The van der Waals surface area contributed by atoms with Crippen LogP contribution in [0.25, 0.3) is 0 Å². The largest absolute Gasteiger partial charge is 0.296 e. The van der Waals surface area contributed by atoms with Crippen molar-refractivity contribution in [2.45, 2.75) is 45.2 Å². The van der Waals surface area contributed by atoms with Gasteiger partial charge in [0.25, 0.3) is 0 Å². The molecular weight excluding hydrogens is 264 g/mol. The van der Waals surface area contributed by atoms with Crippen molar-refractivity contribution >= 4 is 15.9 Å². The topological polar surface area (TPSA) is 16.1 Å². The fourth-order valence-electron chi connectivity index (χ4n) is 2.55. The van der Waals surface area contributed by atoms with Crippen LogP contribution in [-0.4, -0.2) is 22.5 Å². The van der Waals surface area contributed by atoms with Crippen LogP contribution < -0.4 is 0 Å². The number of hydrogen-bond donors (Lipinski definition) is 0. The summed E-state index contributed by atoms with van der Waals surface area (Å²) in [6, 6.07) is 2.97. The van der Waals surface area contributed by atoms with Crippen LogP contribution in [0.15, 0.2) is 22.9 Å². The van der Waals surface area contributed by atoms with Gasteiger partial charge in [0.05, 0.1) is 0 Å². The van der Waals surface area contributed by atoms with E-state index in [0.717, 1.165) is 23.6 Å². The molecule has 0 radical (unpaired) electrons. The normalized spacial score (nSPS) is 17.2. The van der Waals surface area contributed by atoms with Gasteiger partial charge in [0.2, 0.25) is 0 Å². The van der Waals surface area contributed by atoms with E-state index in [0.29, 0.717) is 0 Å². The van der Waals surface area contributed by atoms with E-state index in [-0.39, 0.29) is 0 Å². The summed E-state index contributed by atoms with van der Waals surface area (Å²) < 4.78 is 1.08. The maximum Gasteiger partial charge on any atom is 0.0410 e. The summed E-state index contributed by atoms with van der Waals surface area (Å²) in [5, 5.41) is 0. The molecule has 0 unspecified atom stereocenters. The molecule has 2 nitrogen and oxygen atoms in total. The SMILES string of the molecule is CCN(Cc1cncc(Br)c1)C1CCCC1. The second-order valence-corrected chi connectivity index (χ2v) is 5.43. The molecule has 0 bridgehead atoms. The molecule has 88 valence electrons. The van der Waals surface area contributed by atoms with Gasteiger partial charge in [-0.25, -0.2) is 0 Å². The maximum atomic E-state index is 4.22. The lowest BCUT2D eigenvalue weighted by molar-refractivity contribution is 0.200. The lowest BCUT2D eigenvalue weighted by Crippen LogP contribution is -2.32. The Balaban J connectivity index is 2.00. The highest BCUT2D eigenvalue weighted by atomic mass is 79.9. The van der Waals surface area contributed by atoms with Crippen molar-refractivity contribution in [1.82, 2.24) is 9.88 Å². The molecule has 1 aliphatic carbocycles. The predicted octanol–water partition coefficient (Wildman–Crippen LogP) is 3.61. The van der Waals surface area contributed by atoms with Crippen LogP contribution in [0, 0.1) is 0 Å². The van der Waals surface area contributed by atoms with Crippen LogP contribution in [0.3, 0.4) is 0 Å². The summed E-state index contributed by atoms with van der Waals surface area (Å²) in [5.41, 5.74) is 1.31. The van der Waals surface area contributed by atoms with Crippen molar-refractivity contribution in [2.75, 3.05) is 6.54 Å². The highest BCUT2D eigenvalue weighted by molar-refractivity contribution is 9.10. The summed E-state index contributed by atoms with van der Waals surface area (Å²) in [6.07, 6.45) is 9.36. The Morgan fingerprint density at radius 2 is 2.12 bits per heavy atom. The molecule has 0 amide bonds. The molecule has 1 heterocycles. The Labute approximate surface area is 106 Å². The monoisotopic (exact) mass is 282 g/mol. The molecule has 1 aliphatic rings. The van der Waals surface area contributed by atoms with Crippen molar-refractivity contribution < 1.29 is 0 Å². The van der Waals surface area contributed by atoms with Gasteiger partial charge < -0.3 is 0 Å². The molecule has 0 N–H and O–H groups in total. The van der Waals surface area contributed by atoms with Gasteiger partial charge in [-0.05, 0) is 46.9 Å². The van der Waals surface area contributed by atoms with Crippen molar-refractivity contribution in [3.8, 4) is 0 Å². The Bertz CT molecular complexity index is 334. The van der Waals surface area contributed by atoms with Gasteiger partial charge in [0.1, 0.15) is 0 Å². The van der Waals surface area contributed by atoms with E-state index < -0.39 is 0 Å². The molecule has 2 rings (SSSR count). The Hall–Kier alpha value is -0.410. The van der Waals surface area contributed by atoms with Gasteiger partial charge in [0.15, 0.2) is 0 Å². The number of nitrogens with zero attached hydrogens (tertiary/aromatic N) is 2. The highest BCUT2D eigenvalue weighted by Crippen LogP contribution is 2.24. The molecule has 0 aromatic carbocycles. The summed E-state index contributed by atoms with van der Waals surface area (Å²) in [5.74, 6) is 0. The first-order valence-corrected chi connectivity index (χ1v) is 6.92. The Morgan fingerprint density at radius 1 is 1.38 bits per heavy atom. The lowest BCUT2D eigenvalue weighted by atomic mass is 10.2. The first-order chi connectivity index (χ1) is 7.79. The first kappa shape index (κ1) is 12.1. The molecule has 3 heteroatoms. The average molecular weight is 283 g/mol. The third-order valence-electron chi connectivity index (χ3n) is 3.39. The minimum Gasteiger partial charge on any atom is -0.296 e. The second kappa shape index (κ2) is 5.78. The minimum atomic E-state index is 0.795. The van der Waals surface area contributed by atoms with Gasteiger partial charge in [-0.1, -0.05) is 19.8 Å². The summed E-state index contributed by atoms with van der Waals surface area (Å²) in [7, 11) is 0. The molecule has 0 spiro atoms. The fraction of sp³-hybridized carbons (Fsp3) is 0.615. The molecule has 1 saturated carbocycles. The van der Waals surface area contributed by atoms with Gasteiger partial charge in [-0.3, -0.25) is 9.88 Å². The van der Waals surface area contributed by atoms with E-state index in [9.17, 15) is 0 Å². The molecular formula is C13H19BrN2. The van der Waals surface area contributed by atoms with Crippen LogP contribution in [-0.2, 0) is 6.54 Å². The molecule has 0 atom stereocenters. The molecule has 1 aromatic heterocycles. The number of rotatable bonds is 4. The molecule has 1 aromatic rings. The lowest BCUT2D eigenvalue weighted by Gasteiger charge is -2.27. The van der Waals surface area contributed by atoms with Gasteiger partial charge in [-0.2, -0.15) is 0 Å². The zero-order valence-corrected chi connectivity index (χ0v) is 11.4. The van der Waals surface area contributed by atoms with Crippen LogP contribution in [0.5, 0.6) is 0 Å². The van der Waals surface area contributed by atoms with Gasteiger partial charge in [-0.15, -0.1) is 0 Å². The van der Waals surface area contributed by atoms with Crippen LogP contribution in [0.1, 0.15) is 38.2 Å². The smallest absolute Gasteiger partial charge is 0.0410 e. The third-order valence-corrected chi connectivity index (χ3v) is 3.83. The Kier molecular flexibility index (Phi) is 4.36. The predicted molar refractivity (Wildman–Crippen MR) is 70.3 cm³/mol. The fourth-order valence-corrected chi connectivity index (χ4v) is 2.96. The molecule has 0 saturated heterocycles. The van der Waals surface area contributed by atoms with Crippen molar-refractivity contribution in [2.24, 2.45) is 0 Å². The standard InChI is InChI=1S/C13H19BrN2/c1-2-16(13-5-3-4-6-13)10-11-7-12(14)9-15-8-11/h7-9,13H,2-6,10H2,1H3.